The van der Waals surface area contributed by atoms with E-state index in [9.17, 15) is 18.0 Å². The smallest absolute Gasteiger partial charge is 0.305 e. The highest BCUT2D eigenvalue weighted by atomic mass is 32.2. The van der Waals surface area contributed by atoms with E-state index < -0.39 is 10.0 Å². The lowest BCUT2D eigenvalue weighted by Crippen LogP contribution is -2.31. The maximum absolute atomic E-state index is 13.0. The van der Waals surface area contributed by atoms with Crippen molar-refractivity contribution < 1.29 is 22.7 Å². The zero-order valence-electron chi connectivity index (χ0n) is 20.7. The second kappa shape index (κ2) is 11.3. The first-order valence-corrected chi connectivity index (χ1v) is 13.8. The Bertz CT molecular complexity index is 1420. The first kappa shape index (κ1) is 26.0. The molecule has 37 heavy (non-hydrogen) atoms. The van der Waals surface area contributed by atoms with Gasteiger partial charge in [-0.3, -0.25) is 13.9 Å². The van der Waals surface area contributed by atoms with E-state index in [0.29, 0.717) is 29.1 Å². The Kier molecular flexibility index (Phi) is 7.93. The number of esters is 1. The summed E-state index contributed by atoms with van der Waals surface area (Å²) in [5, 5.41) is 6.29. The molecule has 1 amide bonds. The SMILES string of the molecule is CCOC(=O)CCCN(c1ccc(NC(=C2C(=O)Nc3ccccc32)c2ccccc2)cc1)S(C)(=O)=O. The number of anilines is 3. The first-order valence-electron chi connectivity index (χ1n) is 12.0. The van der Waals surface area contributed by atoms with E-state index in [2.05, 4.69) is 10.6 Å². The molecule has 0 bridgehead atoms. The minimum atomic E-state index is -3.56. The van der Waals surface area contributed by atoms with Gasteiger partial charge in [0.1, 0.15) is 0 Å². The average Bonchev–Trinajstić information content (AvgIpc) is 3.21. The molecule has 0 unspecified atom stereocenters. The van der Waals surface area contributed by atoms with Crippen molar-refractivity contribution in [2.75, 3.05) is 34.3 Å². The van der Waals surface area contributed by atoms with E-state index in [1.54, 1.807) is 31.2 Å². The van der Waals surface area contributed by atoms with Crippen LogP contribution in [0.4, 0.5) is 17.1 Å². The number of rotatable bonds is 10. The molecule has 0 spiro atoms. The van der Waals surface area contributed by atoms with E-state index >= 15 is 0 Å². The molecule has 0 aromatic heterocycles. The fourth-order valence-electron chi connectivity index (χ4n) is 4.19. The van der Waals surface area contributed by atoms with E-state index in [1.807, 2.05) is 54.6 Å². The average molecular weight is 520 g/mol. The van der Waals surface area contributed by atoms with E-state index in [-0.39, 0.29) is 31.4 Å². The van der Waals surface area contributed by atoms with Crippen LogP contribution in [0.5, 0.6) is 0 Å². The van der Waals surface area contributed by atoms with Gasteiger partial charge in [-0.1, -0.05) is 48.5 Å². The van der Waals surface area contributed by atoms with Gasteiger partial charge in [-0.2, -0.15) is 0 Å². The third-order valence-electron chi connectivity index (χ3n) is 5.86. The van der Waals surface area contributed by atoms with Crippen LogP contribution in [-0.2, 0) is 24.3 Å². The Morgan fingerprint density at radius 2 is 1.65 bits per heavy atom. The molecule has 8 nitrogen and oxygen atoms in total. The lowest BCUT2D eigenvalue weighted by Gasteiger charge is -2.23. The summed E-state index contributed by atoms with van der Waals surface area (Å²) < 4.78 is 31.1. The van der Waals surface area contributed by atoms with Gasteiger partial charge in [-0.25, -0.2) is 8.42 Å². The van der Waals surface area contributed by atoms with Crippen molar-refractivity contribution in [1.29, 1.82) is 0 Å². The fraction of sp³-hybridized carbons (Fsp3) is 0.214. The number of carbonyl (C=O) groups is 2. The van der Waals surface area contributed by atoms with Crippen molar-refractivity contribution >= 4 is 50.2 Å². The number of amides is 1. The topological polar surface area (TPSA) is 105 Å². The summed E-state index contributed by atoms with van der Waals surface area (Å²) in [6, 6.07) is 24.0. The van der Waals surface area contributed by atoms with Crippen molar-refractivity contribution in [2.45, 2.75) is 19.8 Å². The molecule has 0 atom stereocenters. The van der Waals surface area contributed by atoms with E-state index in [1.165, 1.54) is 4.31 Å². The van der Waals surface area contributed by atoms with Crippen LogP contribution in [0, 0.1) is 0 Å². The number of hydrogen-bond donors (Lipinski definition) is 2. The Hall–Kier alpha value is -4.11. The third-order valence-corrected chi connectivity index (χ3v) is 7.05. The Labute approximate surface area is 217 Å². The number of sulfonamides is 1. The maximum atomic E-state index is 13.0. The molecule has 9 heteroatoms. The number of carbonyl (C=O) groups excluding carboxylic acids is 2. The quantitative estimate of drug-likeness (QED) is 0.296. The van der Waals surface area contributed by atoms with Crippen molar-refractivity contribution in [1.82, 2.24) is 0 Å². The second-order valence-corrected chi connectivity index (χ2v) is 10.4. The van der Waals surface area contributed by atoms with Crippen LogP contribution >= 0.6 is 0 Å². The molecule has 0 radical (unpaired) electrons. The minimum Gasteiger partial charge on any atom is -0.466 e. The van der Waals surface area contributed by atoms with E-state index in [0.717, 1.165) is 23.1 Å². The molecule has 2 N–H and O–H groups in total. The Morgan fingerprint density at radius 3 is 2.32 bits per heavy atom. The van der Waals surface area contributed by atoms with Crippen LogP contribution < -0.4 is 14.9 Å². The van der Waals surface area contributed by atoms with Crippen LogP contribution in [0.25, 0.3) is 11.3 Å². The number of nitrogens with zero attached hydrogens (tertiary/aromatic N) is 1. The maximum Gasteiger partial charge on any atom is 0.305 e. The molecule has 4 rings (SSSR count). The van der Waals surface area contributed by atoms with Gasteiger partial charge in [-0.05, 0) is 49.2 Å². The molecule has 192 valence electrons. The lowest BCUT2D eigenvalue weighted by atomic mass is 10.00. The third kappa shape index (κ3) is 6.18. The largest absolute Gasteiger partial charge is 0.466 e. The highest BCUT2D eigenvalue weighted by Gasteiger charge is 2.28. The highest BCUT2D eigenvalue weighted by Crippen LogP contribution is 2.37. The molecule has 1 aliphatic heterocycles. The van der Waals surface area contributed by atoms with Crippen LogP contribution in [0.3, 0.4) is 0 Å². The summed E-state index contributed by atoms with van der Waals surface area (Å²) >= 11 is 0. The van der Waals surface area contributed by atoms with Crippen LogP contribution in [-0.4, -0.2) is 39.7 Å². The number of hydrogen-bond acceptors (Lipinski definition) is 6. The summed E-state index contributed by atoms with van der Waals surface area (Å²) in [6.45, 7) is 2.17. The molecule has 3 aromatic rings. The zero-order valence-corrected chi connectivity index (χ0v) is 21.5. The van der Waals surface area contributed by atoms with Crippen molar-refractivity contribution in [2.24, 2.45) is 0 Å². The Balaban J connectivity index is 1.62. The number of nitrogens with one attached hydrogen (secondary N) is 2. The monoisotopic (exact) mass is 519 g/mol. The van der Waals surface area contributed by atoms with Gasteiger partial charge < -0.3 is 15.4 Å². The summed E-state index contributed by atoms with van der Waals surface area (Å²) in [7, 11) is -3.56. The van der Waals surface area contributed by atoms with Gasteiger partial charge >= 0.3 is 5.97 Å². The number of ether oxygens (including phenoxy) is 1. The Morgan fingerprint density at radius 1 is 0.973 bits per heavy atom. The summed E-state index contributed by atoms with van der Waals surface area (Å²) in [5.74, 6) is -0.552. The predicted molar refractivity (Wildman–Crippen MR) is 146 cm³/mol. The zero-order chi connectivity index (χ0) is 26.4. The van der Waals surface area contributed by atoms with Gasteiger partial charge in [0.2, 0.25) is 10.0 Å². The minimum absolute atomic E-state index is 0.136. The van der Waals surface area contributed by atoms with Gasteiger partial charge in [0, 0.05) is 29.9 Å². The lowest BCUT2D eigenvalue weighted by molar-refractivity contribution is -0.143. The highest BCUT2D eigenvalue weighted by molar-refractivity contribution is 7.92. The summed E-state index contributed by atoms with van der Waals surface area (Å²) in [6.07, 6.45) is 1.61. The van der Waals surface area contributed by atoms with Crippen molar-refractivity contribution in [3.63, 3.8) is 0 Å². The first-order chi connectivity index (χ1) is 17.8. The van der Waals surface area contributed by atoms with Crippen LogP contribution in [0.15, 0.2) is 78.9 Å². The molecule has 0 aliphatic carbocycles. The molecule has 3 aromatic carbocycles. The summed E-state index contributed by atoms with van der Waals surface area (Å²) in [5.41, 5.74) is 4.74. The molecule has 0 saturated heterocycles. The summed E-state index contributed by atoms with van der Waals surface area (Å²) in [4.78, 5) is 24.6. The normalized spacial score (nSPS) is 13.9. The predicted octanol–water partition coefficient (Wildman–Crippen LogP) is 4.73. The molecular weight excluding hydrogens is 490 g/mol. The second-order valence-electron chi connectivity index (χ2n) is 8.53. The van der Waals surface area contributed by atoms with Crippen molar-refractivity contribution in [3.8, 4) is 0 Å². The molecule has 0 fully saturated rings. The number of benzene rings is 3. The van der Waals surface area contributed by atoms with Gasteiger partial charge in [0.15, 0.2) is 0 Å². The van der Waals surface area contributed by atoms with Gasteiger partial charge in [-0.15, -0.1) is 0 Å². The van der Waals surface area contributed by atoms with Crippen LogP contribution in [0.2, 0.25) is 0 Å². The number of fused-ring (bicyclic) bond motifs is 1. The number of para-hydroxylation sites is 1. The standard InChI is InChI=1S/C28H29N3O5S/c1-3-36-25(32)14-9-19-31(37(2,34)35)22-17-15-21(16-18-22)29-27(20-10-5-4-6-11-20)26-23-12-7-8-13-24(23)30-28(26)33/h4-8,10-13,15-18,29H,3,9,14,19H2,1-2H3,(H,30,33). The molecule has 0 saturated carbocycles. The molecular formula is C28H29N3O5S. The van der Waals surface area contributed by atoms with Gasteiger partial charge in [0.25, 0.3) is 5.91 Å². The molecule has 1 aliphatic rings. The molecule has 1 heterocycles. The van der Waals surface area contributed by atoms with Gasteiger partial charge in [0.05, 0.1) is 29.8 Å². The van der Waals surface area contributed by atoms with Crippen molar-refractivity contribution in [3.05, 3.63) is 90.0 Å². The fourth-order valence-corrected chi connectivity index (χ4v) is 5.16. The van der Waals surface area contributed by atoms with Crippen LogP contribution in [0.1, 0.15) is 30.9 Å². The van der Waals surface area contributed by atoms with E-state index in [4.69, 9.17) is 4.74 Å².